The molecular formula is C16H19NO5. The second-order valence-corrected chi connectivity index (χ2v) is 4.74. The highest BCUT2D eigenvalue weighted by Crippen LogP contribution is 2.16. The van der Waals surface area contributed by atoms with Crippen LogP contribution in [0.3, 0.4) is 0 Å². The van der Waals surface area contributed by atoms with Crippen LogP contribution in [0.4, 0.5) is 5.69 Å². The van der Waals surface area contributed by atoms with Gasteiger partial charge in [0.05, 0.1) is 4.92 Å². The van der Waals surface area contributed by atoms with Crippen molar-refractivity contribution < 1.29 is 19.2 Å². The maximum Gasteiger partial charge on any atom is 0.341 e. The van der Waals surface area contributed by atoms with E-state index in [0.29, 0.717) is 24.0 Å². The third kappa shape index (κ3) is 5.47. The molecule has 0 aromatic heterocycles. The molecule has 0 amide bonds. The summed E-state index contributed by atoms with van der Waals surface area (Å²) in [5.41, 5.74) is 0.964. The number of nitro benzene ring substituents is 1. The van der Waals surface area contributed by atoms with Crippen LogP contribution in [0.2, 0.25) is 0 Å². The van der Waals surface area contributed by atoms with Crippen molar-refractivity contribution in [1.82, 2.24) is 0 Å². The Balaban J connectivity index is 2.78. The van der Waals surface area contributed by atoms with Gasteiger partial charge < -0.3 is 4.74 Å². The van der Waals surface area contributed by atoms with Crippen molar-refractivity contribution in [2.24, 2.45) is 0 Å². The monoisotopic (exact) mass is 305 g/mol. The predicted molar refractivity (Wildman–Crippen MR) is 82.0 cm³/mol. The highest BCUT2D eigenvalue weighted by atomic mass is 16.6. The van der Waals surface area contributed by atoms with E-state index in [-0.39, 0.29) is 12.1 Å². The number of non-ortho nitro benzene ring substituents is 1. The highest BCUT2D eigenvalue weighted by Gasteiger charge is 2.14. The molecule has 0 saturated carbocycles. The van der Waals surface area contributed by atoms with E-state index < -0.39 is 16.9 Å². The summed E-state index contributed by atoms with van der Waals surface area (Å²) >= 11 is 0. The molecule has 0 bridgehead atoms. The normalized spacial score (nSPS) is 11.1. The molecule has 0 heterocycles. The lowest BCUT2D eigenvalue weighted by molar-refractivity contribution is -0.384. The number of esters is 2. The van der Waals surface area contributed by atoms with Crippen molar-refractivity contribution in [3.05, 3.63) is 45.5 Å². The quantitative estimate of drug-likeness (QED) is 0.252. The summed E-state index contributed by atoms with van der Waals surface area (Å²) in [6.45, 7) is 3.72. The van der Waals surface area contributed by atoms with E-state index in [2.05, 4.69) is 0 Å². The molecule has 118 valence electrons. The molecule has 0 aliphatic heterocycles. The summed E-state index contributed by atoms with van der Waals surface area (Å²) < 4.78 is 4.79. The maximum absolute atomic E-state index is 11.9. The van der Waals surface area contributed by atoms with E-state index in [1.54, 1.807) is 25.1 Å². The Morgan fingerprint density at radius 3 is 2.36 bits per heavy atom. The molecule has 0 aliphatic rings. The average molecular weight is 305 g/mol. The van der Waals surface area contributed by atoms with Crippen LogP contribution in [0.1, 0.15) is 45.1 Å². The van der Waals surface area contributed by atoms with Gasteiger partial charge in [0.25, 0.3) is 5.69 Å². The number of unbranched alkanes of at least 4 members (excludes halogenated alkanes) is 1. The lowest BCUT2D eigenvalue weighted by Gasteiger charge is -2.05. The van der Waals surface area contributed by atoms with Gasteiger partial charge in [-0.3, -0.25) is 14.9 Å². The van der Waals surface area contributed by atoms with Gasteiger partial charge in [0.15, 0.2) is 0 Å². The summed E-state index contributed by atoms with van der Waals surface area (Å²) in [6, 6.07) is 5.80. The number of ether oxygens (including phenoxy) is 1. The second-order valence-electron chi connectivity index (χ2n) is 4.74. The zero-order chi connectivity index (χ0) is 16.5. The Hall–Kier alpha value is -2.50. The van der Waals surface area contributed by atoms with Gasteiger partial charge in [0.2, 0.25) is 0 Å². The standard InChI is InChI=1S/C16H19NO5/c1-3-5-6-15(18)22-16(19)13(4-2)11-12-7-9-14(10-8-12)17(20)21/h7-11H,3-6H2,1-2H3. The summed E-state index contributed by atoms with van der Waals surface area (Å²) in [6.07, 6.45) is 3.72. The van der Waals surface area contributed by atoms with Crippen LogP contribution in [-0.2, 0) is 14.3 Å². The largest absolute Gasteiger partial charge is 0.390 e. The van der Waals surface area contributed by atoms with E-state index in [0.717, 1.165) is 6.42 Å². The smallest absolute Gasteiger partial charge is 0.341 e. The van der Waals surface area contributed by atoms with E-state index >= 15 is 0 Å². The van der Waals surface area contributed by atoms with Gasteiger partial charge in [-0.15, -0.1) is 0 Å². The van der Waals surface area contributed by atoms with Crippen LogP contribution >= 0.6 is 0 Å². The fourth-order valence-corrected chi connectivity index (χ4v) is 1.74. The van der Waals surface area contributed by atoms with E-state index in [1.807, 2.05) is 6.92 Å². The molecule has 22 heavy (non-hydrogen) atoms. The van der Waals surface area contributed by atoms with Gasteiger partial charge in [0.1, 0.15) is 0 Å². The van der Waals surface area contributed by atoms with Crippen molar-refractivity contribution >= 4 is 23.7 Å². The number of benzene rings is 1. The van der Waals surface area contributed by atoms with Gasteiger partial charge >= 0.3 is 11.9 Å². The fraction of sp³-hybridized carbons (Fsp3) is 0.375. The van der Waals surface area contributed by atoms with Crippen LogP contribution in [0.5, 0.6) is 0 Å². The summed E-state index contributed by atoms with van der Waals surface area (Å²) in [5.74, 6) is -1.20. The van der Waals surface area contributed by atoms with Crippen molar-refractivity contribution in [3.8, 4) is 0 Å². The highest BCUT2D eigenvalue weighted by molar-refractivity contribution is 5.99. The summed E-state index contributed by atoms with van der Waals surface area (Å²) in [5, 5.41) is 10.6. The molecule has 0 spiro atoms. The number of rotatable bonds is 7. The van der Waals surface area contributed by atoms with Crippen LogP contribution in [0.15, 0.2) is 29.8 Å². The van der Waals surface area contributed by atoms with Gasteiger partial charge in [0, 0.05) is 24.1 Å². The minimum Gasteiger partial charge on any atom is -0.390 e. The summed E-state index contributed by atoms with van der Waals surface area (Å²) in [4.78, 5) is 33.5. The van der Waals surface area contributed by atoms with Crippen LogP contribution in [0.25, 0.3) is 6.08 Å². The number of nitrogens with zero attached hydrogens (tertiary/aromatic N) is 1. The molecule has 0 fully saturated rings. The number of nitro groups is 1. The molecule has 1 aromatic carbocycles. The number of hydrogen-bond acceptors (Lipinski definition) is 5. The molecule has 0 atom stereocenters. The first-order valence-corrected chi connectivity index (χ1v) is 7.18. The average Bonchev–Trinajstić information content (AvgIpc) is 2.50. The Kier molecular flexibility index (Phi) is 6.95. The lowest BCUT2D eigenvalue weighted by atomic mass is 10.1. The predicted octanol–water partition coefficient (Wildman–Crippen LogP) is 3.65. The Labute approximate surface area is 128 Å². The zero-order valence-corrected chi connectivity index (χ0v) is 12.7. The first kappa shape index (κ1) is 17.6. The van der Waals surface area contributed by atoms with Crippen LogP contribution in [0, 0.1) is 10.1 Å². The van der Waals surface area contributed by atoms with Crippen molar-refractivity contribution in [1.29, 1.82) is 0 Å². The number of hydrogen-bond donors (Lipinski definition) is 0. The molecule has 6 heteroatoms. The van der Waals surface area contributed by atoms with E-state index in [1.165, 1.54) is 12.1 Å². The molecule has 1 rings (SSSR count). The number of carbonyl (C=O) groups is 2. The molecular weight excluding hydrogens is 286 g/mol. The van der Waals surface area contributed by atoms with Crippen LogP contribution in [-0.4, -0.2) is 16.9 Å². The van der Waals surface area contributed by atoms with Crippen LogP contribution < -0.4 is 0 Å². The molecule has 1 aromatic rings. The Bertz CT molecular complexity index is 575. The number of carbonyl (C=O) groups excluding carboxylic acids is 2. The second kappa shape index (κ2) is 8.71. The maximum atomic E-state index is 11.9. The molecule has 0 saturated heterocycles. The minimum absolute atomic E-state index is 0.0208. The van der Waals surface area contributed by atoms with E-state index in [4.69, 9.17) is 4.74 Å². The van der Waals surface area contributed by atoms with Gasteiger partial charge in [-0.05, 0) is 36.6 Å². The fourth-order valence-electron chi connectivity index (χ4n) is 1.74. The zero-order valence-electron chi connectivity index (χ0n) is 12.7. The molecule has 0 radical (unpaired) electrons. The first-order chi connectivity index (χ1) is 10.5. The van der Waals surface area contributed by atoms with Gasteiger partial charge in [-0.25, -0.2) is 4.79 Å². The summed E-state index contributed by atoms with van der Waals surface area (Å²) in [7, 11) is 0. The van der Waals surface area contributed by atoms with Crippen molar-refractivity contribution in [2.75, 3.05) is 0 Å². The first-order valence-electron chi connectivity index (χ1n) is 7.18. The Morgan fingerprint density at radius 1 is 1.23 bits per heavy atom. The van der Waals surface area contributed by atoms with E-state index in [9.17, 15) is 19.7 Å². The van der Waals surface area contributed by atoms with Gasteiger partial charge in [-0.2, -0.15) is 0 Å². The Morgan fingerprint density at radius 2 is 1.86 bits per heavy atom. The van der Waals surface area contributed by atoms with Gasteiger partial charge in [-0.1, -0.05) is 20.3 Å². The SMILES string of the molecule is CCCCC(=O)OC(=O)C(=Cc1ccc([N+](=O)[O-])cc1)CC. The lowest BCUT2D eigenvalue weighted by Crippen LogP contribution is -2.13. The molecule has 0 aliphatic carbocycles. The molecule has 6 nitrogen and oxygen atoms in total. The topological polar surface area (TPSA) is 86.5 Å². The minimum atomic E-state index is -0.665. The molecule has 0 unspecified atom stereocenters. The third-order valence-corrected chi connectivity index (χ3v) is 3.03. The molecule has 0 N–H and O–H groups in total. The third-order valence-electron chi connectivity index (χ3n) is 3.03. The van der Waals surface area contributed by atoms with Crippen molar-refractivity contribution in [3.63, 3.8) is 0 Å². The van der Waals surface area contributed by atoms with Crippen molar-refractivity contribution in [2.45, 2.75) is 39.5 Å².